The first-order valence-corrected chi connectivity index (χ1v) is 13.4. The SMILES string of the molecule is CCOc1cccc(C2C(C(=O)c3sc(-c4ccccc4)nc3C)=C(O)C(=O)N2Cc2ccc(OC)cc2)c1. The molecule has 8 heteroatoms. The van der Waals surface area contributed by atoms with Gasteiger partial charge in [0.05, 0.1) is 35.9 Å². The van der Waals surface area contributed by atoms with Crippen LogP contribution in [0, 0.1) is 6.92 Å². The monoisotopic (exact) mass is 540 g/mol. The van der Waals surface area contributed by atoms with Gasteiger partial charge in [0.25, 0.3) is 5.91 Å². The van der Waals surface area contributed by atoms with E-state index < -0.39 is 23.5 Å². The van der Waals surface area contributed by atoms with Crippen LogP contribution in [0.25, 0.3) is 10.6 Å². The van der Waals surface area contributed by atoms with Crippen molar-refractivity contribution in [3.63, 3.8) is 0 Å². The Morgan fingerprint density at radius 2 is 1.77 bits per heavy atom. The molecule has 1 aromatic heterocycles. The zero-order valence-electron chi connectivity index (χ0n) is 21.9. The topological polar surface area (TPSA) is 89.0 Å². The van der Waals surface area contributed by atoms with Gasteiger partial charge in [-0.2, -0.15) is 0 Å². The van der Waals surface area contributed by atoms with Crippen molar-refractivity contribution in [2.75, 3.05) is 13.7 Å². The predicted molar refractivity (Wildman–Crippen MR) is 150 cm³/mol. The van der Waals surface area contributed by atoms with E-state index in [4.69, 9.17) is 9.47 Å². The minimum Gasteiger partial charge on any atom is -0.503 e. The fraction of sp³-hybridized carbons (Fsp3) is 0.194. The third-order valence-electron chi connectivity index (χ3n) is 6.57. The minimum absolute atomic E-state index is 0.0357. The molecule has 1 atom stereocenters. The maximum atomic E-state index is 14.1. The molecular weight excluding hydrogens is 512 g/mol. The van der Waals surface area contributed by atoms with Crippen LogP contribution in [0.15, 0.2) is 90.2 Å². The number of aliphatic hydroxyl groups excluding tert-OH is 1. The number of hydrogen-bond donors (Lipinski definition) is 1. The molecule has 39 heavy (non-hydrogen) atoms. The van der Waals surface area contributed by atoms with Crippen molar-refractivity contribution in [3.05, 3.63) is 112 Å². The maximum Gasteiger partial charge on any atom is 0.290 e. The van der Waals surface area contributed by atoms with Crippen molar-refractivity contribution in [1.82, 2.24) is 9.88 Å². The van der Waals surface area contributed by atoms with Gasteiger partial charge in [-0.25, -0.2) is 4.98 Å². The van der Waals surface area contributed by atoms with Crippen LogP contribution in [0.3, 0.4) is 0 Å². The second-order valence-electron chi connectivity index (χ2n) is 9.08. The van der Waals surface area contributed by atoms with Crippen LogP contribution in [0.2, 0.25) is 0 Å². The molecule has 4 aromatic rings. The summed E-state index contributed by atoms with van der Waals surface area (Å²) in [4.78, 5) is 34.1. The number of methoxy groups -OCH3 is 1. The van der Waals surface area contributed by atoms with E-state index in [-0.39, 0.29) is 12.1 Å². The Bertz CT molecular complexity index is 1540. The molecule has 2 heterocycles. The number of carbonyl (C=O) groups is 2. The van der Waals surface area contributed by atoms with Gasteiger partial charge in [-0.3, -0.25) is 9.59 Å². The summed E-state index contributed by atoms with van der Waals surface area (Å²) >= 11 is 1.25. The van der Waals surface area contributed by atoms with Crippen LogP contribution < -0.4 is 9.47 Å². The van der Waals surface area contributed by atoms with Crippen LogP contribution in [-0.2, 0) is 11.3 Å². The van der Waals surface area contributed by atoms with E-state index in [2.05, 4.69) is 4.98 Å². The Hall–Kier alpha value is -4.43. The van der Waals surface area contributed by atoms with E-state index in [1.165, 1.54) is 16.2 Å². The number of aryl methyl sites for hydroxylation is 1. The third-order valence-corrected chi connectivity index (χ3v) is 7.77. The van der Waals surface area contributed by atoms with Gasteiger partial charge in [0.2, 0.25) is 5.78 Å². The van der Waals surface area contributed by atoms with E-state index in [1.54, 1.807) is 14.0 Å². The zero-order chi connectivity index (χ0) is 27.5. The lowest BCUT2D eigenvalue weighted by molar-refractivity contribution is -0.130. The Labute approximate surface area is 231 Å². The second kappa shape index (κ2) is 11.1. The average molecular weight is 541 g/mol. The largest absolute Gasteiger partial charge is 0.503 e. The van der Waals surface area contributed by atoms with Gasteiger partial charge in [-0.15, -0.1) is 11.3 Å². The first-order valence-electron chi connectivity index (χ1n) is 12.6. The highest BCUT2D eigenvalue weighted by molar-refractivity contribution is 7.17. The van der Waals surface area contributed by atoms with Crippen molar-refractivity contribution in [2.24, 2.45) is 0 Å². The number of aliphatic hydroxyl groups is 1. The van der Waals surface area contributed by atoms with Crippen LogP contribution in [0.5, 0.6) is 11.5 Å². The molecule has 1 N–H and O–H groups in total. The molecule has 3 aromatic carbocycles. The highest BCUT2D eigenvalue weighted by Crippen LogP contribution is 2.42. The maximum absolute atomic E-state index is 14.1. The van der Waals surface area contributed by atoms with Gasteiger partial charge < -0.3 is 19.5 Å². The molecule has 0 fully saturated rings. The number of rotatable bonds is 9. The molecule has 0 bridgehead atoms. The van der Waals surface area contributed by atoms with E-state index in [9.17, 15) is 14.7 Å². The summed E-state index contributed by atoms with van der Waals surface area (Å²) in [6.07, 6.45) is 0. The lowest BCUT2D eigenvalue weighted by Gasteiger charge is -2.27. The third kappa shape index (κ3) is 5.15. The molecule has 0 radical (unpaired) electrons. The molecule has 7 nitrogen and oxygen atoms in total. The highest BCUT2D eigenvalue weighted by atomic mass is 32.1. The fourth-order valence-electron chi connectivity index (χ4n) is 4.70. The van der Waals surface area contributed by atoms with Crippen molar-refractivity contribution < 1.29 is 24.2 Å². The molecule has 198 valence electrons. The van der Waals surface area contributed by atoms with Gasteiger partial charge >= 0.3 is 0 Å². The summed E-state index contributed by atoms with van der Waals surface area (Å²) in [7, 11) is 1.59. The first-order chi connectivity index (χ1) is 18.9. The zero-order valence-corrected chi connectivity index (χ0v) is 22.7. The van der Waals surface area contributed by atoms with Crippen molar-refractivity contribution in [1.29, 1.82) is 0 Å². The Balaban J connectivity index is 1.57. The number of ether oxygens (including phenoxy) is 2. The molecule has 1 unspecified atom stereocenters. The second-order valence-corrected chi connectivity index (χ2v) is 10.1. The number of hydrogen-bond acceptors (Lipinski definition) is 7. The van der Waals surface area contributed by atoms with E-state index >= 15 is 0 Å². The van der Waals surface area contributed by atoms with Crippen LogP contribution in [-0.4, -0.2) is 40.4 Å². The summed E-state index contributed by atoms with van der Waals surface area (Å²) < 4.78 is 11.0. The molecule has 1 amide bonds. The molecule has 0 saturated carbocycles. The number of Topliss-reactive ketones (excluding diaryl/α,β-unsaturated/α-hetero) is 1. The summed E-state index contributed by atoms with van der Waals surface area (Å²) in [6.45, 7) is 4.31. The number of carbonyl (C=O) groups excluding carboxylic acids is 2. The predicted octanol–water partition coefficient (Wildman–Crippen LogP) is 6.30. The normalized spacial score (nSPS) is 15.1. The smallest absolute Gasteiger partial charge is 0.290 e. The van der Waals surface area contributed by atoms with E-state index in [1.807, 2.05) is 85.8 Å². The quantitative estimate of drug-likeness (QED) is 0.251. The highest BCUT2D eigenvalue weighted by Gasteiger charge is 2.44. The number of thiazole rings is 1. The molecule has 0 saturated heterocycles. The van der Waals surface area contributed by atoms with E-state index in [0.29, 0.717) is 39.2 Å². The Kier molecular flexibility index (Phi) is 7.47. The number of nitrogens with zero attached hydrogens (tertiary/aromatic N) is 2. The van der Waals surface area contributed by atoms with Gasteiger partial charge in [0, 0.05) is 12.1 Å². The molecule has 0 spiro atoms. The van der Waals surface area contributed by atoms with Crippen molar-refractivity contribution in [2.45, 2.75) is 26.4 Å². The first kappa shape index (κ1) is 26.2. The van der Waals surface area contributed by atoms with Crippen LogP contribution >= 0.6 is 11.3 Å². The lowest BCUT2D eigenvalue weighted by atomic mass is 9.94. The Morgan fingerprint density at radius 1 is 1.03 bits per heavy atom. The van der Waals surface area contributed by atoms with Gasteiger partial charge in [0.1, 0.15) is 16.5 Å². The van der Waals surface area contributed by atoms with Crippen molar-refractivity contribution >= 4 is 23.0 Å². The average Bonchev–Trinajstić information content (AvgIpc) is 3.47. The number of ketones is 1. The summed E-state index contributed by atoms with van der Waals surface area (Å²) in [5, 5.41) is 11.8. The molecule has 1 aliphatic rings. The van der Waals surface area contributed by atoms with Gasteiger partial charge in [-0.05, 0) is 49.2 Å². The number of benzene rings is 3. The van der Waals surface area contributed by atoms with E-state index in [0.717, 1.165) is 11.1 Å². The molecule has 0 aliphatic carbocycles. The lowest BCUT2D eigenvalue weighted by Crippen LogP contribution is -2.30. The van der Waals surface area contributed by atoms with Crippen molar-refractivity contribution in [3.8, 4) is 22.1 Å². The fourth-order valence-corrected chi connectivity index (χ4v) is 5.72. The van der Waals surface area contributed by atoms with Gasteiger partial charge in [-0.1, -0.05) is 54.6 Å². The standard InChI is InChI=1S/C31H28N2O5S/c1-4-38-24-12-8-11-22(17-24)26-25(27(34)29-19(2)32-30(39-29)21-9-6-5-7-10-21)28(35)31(36)33(26)18-20-13-15-23(37-3)16-14-20/h5-17,26,35H,4,18H2,1-3H3. The van der Waals surface area contributed by atoms with Crippen LogP contribution in [0.1, 0.15) is 39.5 Å². The summed E-state index contributed by atoms with van der Waals surface area (Å²) in [5.41, 5.74) is 2.98. The summed E-state index contributed by atoms with van der Waals surface area (Å²) in [5.74, 6) is -0.257. The number of amides is 1. The molecule has 1 aliphatic heterocycles. The summed E-state index contributed by atoms with van der Waals surface area (Å²) in [6, 6.07) is 23.4. The molecular formula is C31H28N2O5S. The van der Waals surface area contributed by atoms with Gasteiger partial charge in [0.15, 0.2) is 5.76 Å². The minimum atomic E-state index is -0.811. The molecule has 5 rings (SSSR count). The Morgan fingerprint density at radius 3 is 2.46 bits per heavy atom. The van der Waals surface area contributed by atoms with Crippen LogP contribution in [0.4, 0.5) is 0 Å². The number of aromatic nitrogens is 1.